The van der Waals surface area contributed by atoms with Gasteiger partial charge in [-0.15, -0.1) is 24.0 Å². The molecule has 156 valence electrons. The van der Waals surface area contributed by atoms with Crippen LogP contribution >= 0.6 is 24.0 Å². The fourth-order valence-electron chi connectivity index (χ4n) is 3.38. The Kier molecular flexibility index (Phi) is 10.9. The summed E-state index contributed by atoms with van der Waals surface area (Å²) >= 11 is 0. The molecular weight excluding hydrogens is 469 g/mol. The molecule has 1 aliphatic rings. The molecule has 1 heterocycles. The van der Waals surface area contributed by atoms with E-state index in [-0.39, 0.29) is 35.8 Å². The van der Waals surface area contributed by atoms with Crippen molar-refractivity contribution in [1.82, 2.24) is 10.2 Å². The summed E-state index contributed by atoms with van der Waals surface area (Å²) in [5.74, 6) is 0.931. The second-order valence-electron chi connectivity index (χ2n) is 7.02. The SMILES string of the molecule is CCCC(=O)Nc1ccc(CNC(=NC)N2CCCC(CC(N)=O)C2)cc1.I. The van der Waals surface area contributed by atoms with Gasteiger partial charge in [-0.1, -0.05) is 19.1 Å². The normalized spacial score (nSPS) is 16.9. The molecule has 0 aromatic heterocycles. The predicted octanol–water partition coefficient (Wildman–Crippen LogP) is 2.71. The van der Waals surface area contributed by atoms with Crippen LogP contribution in [-0.2, 0) is 16.1 Å². The standard InChI is InChI=1S/C20H31N5O2.HI/c1-3-5-19(27)24-17-9-7-15(8-10-17)13-23-20(22-2)25-11-4-6-16(14-25)12-18(21)26;/h7-10,16H,3-6,11-14H2,1-2H3,(H2,21,26)(H,22,23)(H,24,27);1H. The quantitative estimate of drug-likeness (QED) is 0.304. The third-order valence-electron chi connectivity index (χ3n) is 4.69. The first-order valence-corrected chi connectivity index (χ1v) is 9.64. The maximum atomic E-state index is 11.6. The molecule has 28 heavy (non-hydrogen) atoms. The number of carbonyl (C=O) groups is 2. The number of primary amides is 1. The van der Waals surface area contributed by atoms with Crippen molar-refractivity contribution in [2.45, 2.75) is 45.6 Å². The summed E-state index contributed by atoms with van der Waals surface area (Å²) in [5.41, 5.74) is 7.26. The number of halogens is 1. The van der Waals surface area contributed by atoms with Gasteiger partial charge in [0.15, 0.2) is 5.96 Å². The van der Waals surface area contributed by atoms with Crippen molar-refractivity contribution in [1.29, 1.82) is 0 Å². The Morgan fingerprint density at radius 3 is 2.61 bits per heavy atom. The highest BCUT2D eigenvalue weighted by Gasteiger charge is 2.23. The predicted molar refractivity (Wildman–Crippen MR) is 124 cm³/mol. The fraction of sp³-hybridized carbons (Fsp3) is 0.550. The second kappa shape index (κ2) is 12.6. The average molecular weight is 501 g/mol. The Balaban J connectivity index is 0.00000392. The molecule has 1 aliphatic heterocycles. The molecule has 8 heteroatoms. The van der Waals surface area contributed by atoms with E-state index in [0.29, 0.717) is 25.3 Å². The van der Waals surface area contributed by atoms with E-state index in [4.69, 9.17) is 5.73 Å². The van der Waals surface area contributed by atoms with Crippen LogP contribution < -0.4 is 16.4 Å². The van der Waals surface area contributed by atoms with Crippen molar-refractivity contribution in [3.8, 4) is 0 Å². The van der Waals surface area contributed by atoms with Crippen LogP contribution in [0.25, 0.3) is 0 Å². The Hall–Kier alpha value is -1.84. The number of hydrogen-bond donors (Lipinski definition) is 3. The number of likely N-dealkylation sites (tertiary alicyclic amines) is 1. The molecule has 2 amide bonds. The van der Waals surface area contributed by atoms with Gasteiger partial charge in [-0.3, -0.25) is 14.6 Å². The number of nitrogens with one attached hydrogen (secondary N) is 2. The molecule has 1 aromatic rings. The second-order valence-corrected chi connectivity index (χ2v) is 7.02. The number of rotatable bonds is 7. The first-order valence-electron chi connectivity index (χ1n) is 9.64. The molecule has 7 nitrogen and oxygen atoms in total. The van der Waals surface area contributed by atoms with Crippen molar-refractivity contribution in [3.63, 3.8) is 0 Å². The number of benzene rings is 1. The first-order chi connectivity index (χ1) is 13.0. The maximum Gasteiger partial charge on any atom is 0.224 e. The van der Waals surface area contributed by atoms with Crippen LogP contribution in [0, 0.1) is 5.92 Å². The number of anilines is 1. The van der Waals surface area contributed by atoms with Crippen LogP contribution in [0.3, 0.4) is 0 Å². The highest BCUT2D eigenvalue weighted by molar-refractivity contribution is 14.0. The minimum atomic E-state index is -0.240. The smallest absolute Gasteiger partial charge is 0.224 e. The first kappa shape index (κ1) is 24.2. The van der Waals surface area contributed by atoms with E-state index in [9.17, 15) is 9.59 Å². The Bertz CT molecular complexity index is 663. The van der Waals surface area contributed by atoms with Gasteiger partial charge in [0.1, 0.15) is 0 Å². The van der Waals surface area contributed by atoms with Crippen LogP contribution in [0.5, 0.6) is 0 Å². The van der Waals surface area contributed by atoms with E-state index in [1.54, 1.807) is 7.05 Å². The van der Waals surface area contributed by atoms with Gasteiger partial charge in [-0.25, -0.2) is 0 Å². The van der Waals surface area contributed by atoms with Gasteiger partial charge in [-0.05, 0) is 42.9 Å². The highest BCUT2D eigenvalue weighted by Crippen LogP contribution is 2.19. The van der Waals surface area contributed by atoms with Gasteiger partial charge >= 0.3 is 0 Å². The van der Waals surface area contributed by atoms with Crippen molar-refractivity contribution in [3.05, 3.63) is 29.8 Å². The lowest BCUT2D eigenvalue weighted by Crippen LogP contribution is -2.46. The molecule has 0 aliphatic carbocycles. The largest absolute Gasteiger partial charge is 0.370 e. The number of aliphatic imine (C=N–C) groups is 1. The molecule has 0 saturated carbocycles. The Morgan fingerprint density at radius 2 is 2.00 bits per heavy atom. The monoisotopic (exact) mass is 501 g/mol. The van der Waals surface area contributed by atoms with Crippen LogP contribution in [-0.4, -0.2) is 42.8 Å². The zero-order valence-electron chi connectivity index (χ0n) is 16.7. The zero-order valence-corrected chi connectivity index (χ0v) is 19.1. The van der Waals surface area contributed by atoms with Crippen LogP contribution in [0.15, 0.2) is 29.3 Å². The minimum absolute atomic E-state index is 0. The van der Waals surface area contributed by atoms with E-state index in [1.807, 2.05) is 31.2 Å². The summed E-state index contributed by atoms with van der Waals surface area (Å²) in [7, 11) is 1.77. The summed E-state index contributed by atoms with van der Waals surface area (Å²) in [4.78, 5) is 29.4. The van der Waals surface area contributed by atoms with Crippen molar-refractivity contribution >= 4 is 47.4 Å². The lowest BCUT2D eigenvalue weighted by Gasteiger charge is -2.34. The molecule has 1 atom stereocenters. The number of guanidine groups is 1. The molecule has 1 unspecified atom stereocenters. The molecule has 1 saturated heterocycles. The third kappa shape index (κ3) is 8.04. The van der Waals surface area contributed by atoms with Crippen LogP contribution in [0.4, 0.5) is 5.69 Å². The summed E-state index contributed by atoms with van der Waals surface area (Å²) in [5, 5.41) is 6.27. The van der Waals surface area contributed by atoms with E-state index in [1.165, 1.54) is 0 Å². The lowest BCUT2D eigenvalue weighted by molar-refractivity contribution is -0.119. The molecule has 0 spiro atoms. The van der Waals surface area contributed by atoms with Gasteiger partial charge in [0.05, 0.1) is 0 Å². The van der Waals surface area contributed by atoms with E-state index < -0.39 is 0 Å². The van der Waals surface area contributed by atoms with Gasteiger partial charge in [0.25, 0.3) is 0 Å². The van der Waals surface area contributed by atoms with E-state index in [0.717, 1.165) is 49.6 Å². The average Bonchev–Trinajstić information content (AvgIpc) is 2.63. The molecule has 1 aromatic carbocycles. The van der Waals surface area contributed by atoms with Gasteiger partial charge in [0, 0.05) is 45.2 Å². The van der Waals surface area contributed by atoms with Gasteiger partial charge in [-0.2, -0.15) is 0 Å². The maximum absolute atomic E-state index is 11.6. The van der Waals surface area contributed by atoms with Gasteiger partial charge in [0.2, 0.25) is 11.8 Å². The Morgan fingerprint density at radius 1 is 1.29 bits per heavy atom. The van der Waals surface area contributed by atoms with E-state index in [2.05, 4.69) is 20.5 Å². The van der Waals surface area contributed by atoms with Gasteiger partial charge < -0.3 is 21.3 Å². The van der Waals surface area contributed by atoms with E-state index >= 15 is 0 Å². The van der Waals surface area contributed by atoms with Crippen molar-refractivity contribution < 1.29 is 9.59 Å². The molecule has 4 N–H and O–H groups in total. The summed E-state index contributed by atoms with van der Waals surface area (Å²) in [6.45, 7) is 4.36. The molecule has 1 fully saturated rings. The summed E-state index contributed by atoms with van der Waals surface area (Å²) in [6, 6.07) is 7.82. The molecular formula is C20H32IN5O2. The molecule has 2 rings (SSSR count). The number of amides is 2. The van der Waals surface area contributed by atoms with Crippen molar-refractivity contribution in [2.24, 2.45) is 16.6 Å². The fourth-order valence-corrected chi connectivity index (χ4v) is 3.38. The Labute approximate surface area is 184 Å². The number of carbonyl (C=O) groups excluding carboxylic acids is 2. The number of piperidine rings is 1. The minimum Gasteiger partial charge on any atom is -0.370 e. The number of hydrogen-bond acceptors (Lipinski definition) is 3. The topological polar surface area (TPSA) is 99.8 Å². The number of nitrogens with two attached hydrogens (primary N) is 1. The highest BCUT2D eigenvalue weighted by atomic mass is 127. The summed E-state index contributed by atoms with van der Waals surface area (Å²) < 4.78 is 0. The molecule has 0 radical (unpaired) electrons. The van der Waals surface area contributed by atoms with Crippen LogP contribution in [0.1, 0.15) is 44.6 Å². The third-order valence-corrected chi connectivity index (χ3v) is 4.69. The number of nitrogens with zero attached hydrogens (tertiary/aromatic N) is 2. The lowest BCUT2D eigenvalue weighted by atomic mass is 9.95. The zero-order chi connectivity index (χ0) is 19.6. The van der Waals surface area contributed by atoms with Crippen LogP contribution in [0.2, 0.25) is 0 Å². The molecule has 0 bridgehead atoms. The summed E-state index contributed by atoms with van der Waals surface area (Å²) in [6.07, 6.45) is 3.86. The van der Waals surface area contributed by atoms with Crippen molar-refractivity contribution in [2.75, 3.05) is 25.5 Å².